The maximum Gasteiger partial charge on any atom is 0.122 e. The Hall–Kier alpha value is -0.980. The number of aryl methyl sites for hydroxylation is 1. The third-order valence-corrected chi connectivity index (χ3v) is 2.74. The fourth-order valence-electron chi connectivity index (χ4n) is 1.91. The lowest BCUT2D eigenvalue weighted by Gasteiger charge is -2.11. The first-order valence-electron chi connectivity index (χ1n) is 5.01. The van der Waals surface area contributed by atoms with E-state index in [-0.39, 0.29) is 0 Å². The average Bonchev–Trinajstić information content (AvgIpc) is 2.29. The molecule has 1 nitrogen and oxygen atoms in total. The van der Waals surface area contributed by atoms with Crippen molar-refractivity contribution in [1.82, 2.24) is 0 Å². The predicted molar refractivity (Wildman–Crippen MR) is 54.3 cm³/mol. The number of rotatable bonds is 0. The van der Waals surface area contributed by atoms with Crippen LogP contribution in [0.4, 0.5) is 0 Å². The Labute approximate surface area is 79.7 Å². The SMILES string of the molecule is Cc1ccc2c(c1)C(C)CCCO2. The van der Waals surface area contributed by atoms with Crippen molar-refractivity contribution >= 4 is 0 Å². The van der Waals surface area contributed by atoms with Gasteiger partial charge < -0.3 is 4.74 Å². The van der Waals surface area contributed by atoms with E-state index in [0.717, 1.165) is 12.4 Å². The summed E-state index contributed by atoms with van der Waals surface area (Å²) in [4.78, 5) is 0. The summed E-state index contributed by atoms with van der Waals surface area (Å²) in [6.07, 6.45) is 2.42. The van der Waals surface area contributed by atoms with Gasteiger partial charge in [0.05, 0.1) is 6.61 Å². The fraction of sp³-hybridized carbons (Fsp3) is 0.500. The van der Waals surface area contributed by atoms with Crippen molar-refractivity contribution in [1.29, 1.82) is 0 Å². The molecule has 0 fully saturated rings. The number of hydrogen-bond donors (Lipinski definition) is 0. The summed E-state index contributed by atoms with van der Waals surface area (Å²) in [5, 5.41) is 0. The summed E-state index contributed by atoms with van der Waals surface area (Å²) in [5.74, 6) is 1.74. The summed E-state index contributed by atoms with van der Waals surface area (Å²) in [5.41, 5.74) is 2.72. The fourth-order valence-corrected chi connectivity index (χ4v) is 1.91. The number of hydrogen-bond acceptors (Lipinski definition) is 1. The third-order valence-electron chi connectivity index (χ3n) is 2.74. The first-order valence-corrected chi connectivity index (χ1v) is 5.01. The first-order chi connectivity index (χ1) is 6.27. The highest BCUT2D eigenvalue weighted by Crippen LogP contribution is 2.33. The van der Waals surface area contributed by atoms with Gasteiger partial charge in [-0.2, -0.15) is 0 Å². The smallest absolute Gasteiger partial charge is 0.122 e. The molecule has 13 heavy (non-hydrogen) atoms. The van der Waals surface area contributed by atoms with Gasteiger partial charge in [-0.15, -0.1) is 0 Å². The van der Waals surface area contributed by atoms with Crippen LogP contribution >= 0.6 is 0 Å². The molecule has 1 aromatic rings. The Balaban J connectivity index is 2.43. The molecule has 1 aliphatic heterocycles. The van der Waals surface area contributed by atoms with E-state index in [2.05, 4.69) is 32.0 Å². The molecule has 0 aliphatic carbocycles. The second-order valence-electron chi connectivity index (χ2n) is 3.93. The van der Waals surface area contributed by atoms with E-state index in [9.17, 15) is 0 Å². The Bertz CT molecular complexity index is 304. The second-order valence-corrected chi connectivity index (χ2v) is 3.93. The van der Waals surface area contributed by atoms with E-state index in [4.69, 9.17) is 4.74 Å². The standard InChI is InChI=1S/C12H16O/c1-9-5-6-12-11(8-9)10(2)4-3-7-13-12/h5-6,8,10H,3-4,7H2,1-2H3. The molecule has 0 amide bonds. The van der Waals surface area contributed by atoms with E-state index in [1.165, 1.54) is 24.0 Å². The van der Waals surface area contributed by atoms with Gasteiger partial charge >= 0.3 is 0 Å². The Morgan fingerprint density at radius 3 is 3.08 bits per heavy atom. The highest BCUT2D eigenvalue weighted by atomic mass is 16.5. The molecule has 0 N–H and O–H groups in total. The van der Waals surface area contributed by atoms with E-state index in [1.54, 1.807) is 0 Å². The highest BCUT2D eigenvalue weighted by Gasteiger charge is 2.15. The summed E-state index contributed by atoms with van der Waals surface area (Å²) in [7, 11) is 0. The minimum Gasteiger partial charge on any atom is -0.493 e. The minimum atomic E-state index is 0.650. The molecule has 2 rings (SSSR count). The molecule has 1 heteroatoms. The molecule has 70 valence electrons. The van der Waals surface area contributed by atoms with Gasteiger partial charge in [0.25, 0.3) is 0 Å². The normalized spacial score (nSPS) is 21.5. The Kier molecular flexibility index (Phi) is 2.26. The topological polar surface area (TPSA) is 9.23 Å². The largest absolute Gasteiger partial charge is 0.493 e. The zero-order valence-electron chi connectivity index (χ0n) is 8.34. The zero-order chi connectivity index (χ0) is 9.26. The molecule has 1 unspecified atom stereocenters. The highest BCUT2D eigenvalue weighted by molar-refractivity contribution is 5.39. The monoisotopic (exact) mass is 176 g/mol. The van der Waals surface area contributed by atoms with Crippen LogP contribution < -0.4 is 4.74 Å². The van der Waals surface area contributed by atoms with Crippen LogP contribution in [0.15, 0.2) is 18.2 Å². The lowest BCUT2D eigenvalue weighted by atomic mass is 9.95. The van der Waals surface area contributed by atoms with Crippen LogP contribution in [0.5, 0.6) is 5.75 Å². The molecule has 0 radical (unpaired) electrons. The van der Waals surface area contributed by atoms with Crippen molar-refractivity contribution in [3.63, 3.8) is 0 Å². The summed E-state index contributed by atoms with van der Waals surface area (Å²) >= 11 is 0. The van der Waals surface area contributed by atoms with Crippen LogP contribution in [0.1, 0.15) is 36.8 Å². The van der Waals surface area contributed by atoms with Crippen LogP contribution in [-0.2, 0) is 0 Å². The lowest BCUT2D eigenvalue weighted by molar-refractivity contribution is 0.316. The minimum absolute atomic E-state index is 0.650. The van der Waals surface area contributed by atoms with Crippen LogP contribution in [-0.4, -0.2) is 6.61 Å². The lowest BCUT2D eigenvalue weighted by Crippen LogP contribution is -1.95. The molecular formula is C12H16O. The summed E-state index contributed by atoms with van der Waals surface area (Å²) in [6.45, 7) is 5.30. The van der Waals surface area contributed by atoms with Crippen LogP contribution in [0.2, 0.25) is 0 Å². The van der Waals surface area contributed by atoms with E-state index >= 15 is 0 Å². The van der Waals surface area contributed by atoms with Crippen molar-refractivity contribution in [2.75, 3.05) is 6.61 Å². The first kappa shape index (κ1) is 8.61. The molecule has 0 spiro atoms. The molecular weight excluding hydrogens is 160 g/mol. The Morgan fingerprint density at radius 2 is 2.23 bits per heavy atom. The quantitative estimate of drug-likeness (QED) is 0.589. The molecule has 1 aliphatic rings. The van der Waals surface area contributed by atoms with Gasteiger partial charge in [-0.05, 0) is 37.3 Å². The number of benzene rings is 1. The van der Waals surface area contributed by atoms with Crippen LogP contribution in [0, 0.1) is 6.92 Å². The van der Waals surface area contributed by atoms with Crippen molar-refractivity contribution < 1.29 is 4.74 Å². The van der Waals surface area contributed by atoms with Gasteiger partial charge in [0.15, 0.2) is 0 Å². The summed E-state index contributed by atoms with van der Waals surface area (Å²) in [6, 6.07) is 6.48. The third kappa shape index (κ3) is 1.69. The number of fused-ring (bicyclic) bond motifs is 1. The predicted octanol–water partition coefficient (Wildman–Crippen LogP) is 3.27. The van der Waals surface area contributed by atoms with Crippen molar-refractivity contribution in [3.8, 4) is 5.75 Å². The van der Waals surface area contributed by atoms with Crippen molar-refractivity contribution in [2.24, 2.45) is 0 Å². The zero-order valence-corrected chi connectivity index (χ0v) is 8.34. The Morgan fingerprint density at radius 1 is 1.38 bits per heavy atom. The van der Waals surface area contributed by atoms with E-state index in [0.29, 0.717) is 5.92 Å². The van der Waals surface area contributed by atoms with Gasteiger partial charge in [-0.3, -0.25) is 0 Å². The average molecular weight is 176 g/mol. The maximum absolute atomic E-state index is 5.67. The molecule has 0 saturated heterocycles. The molecule has 1 atom stereocenters. The summed E-state index contributed by atoms with van der Waals surface area (Å²) < 4.78 is 5.67. The van der Waals surface area contributed by atoms with E-state index < -0.39 is 0 Å². The van der Waals surface area contributed by atoms with Crippen LogP contribution in [0.3, 0.4) is 0 Å². The van der Waals surface area contributed by atoms with Crippen molar-refractivity contribution in [2.45, 2.75) is 32.6 Å². The molecule has 1 heterocycles. The van der Waals surface area contributed by atoms with Gasteiger partial charge in [-0.1, -0.05) is 24.6 Å². The molecule has 0 bridgehead atoms. The van der Waals surface area contributed by atoms with Crippen molar-refractivity contribution in [3.05, 3.63) is 29.3 Å². The maximum atomic E-state index is 5.67. The van der Waals surface area contributed by atoms with E-state index in [1.807, 2.05) is 0 Å². The van der Waals surface area contributed by atoms with Crippen LogP contribution in [0.25, 0.3) is 0 Å². The second kappa shape index (κ2) is 3.41. The van der Waals surface area contributed by atoms with Gasteiger partial charge in [-0.25, -0.2) is 0 Å². The molecule has 1 aromatic carbocycles. The van der Waals surface area contributed by atoms with Gasteiger partial charge in [0.1, 0.15) is 5.75 Å². The van der Waals surface area contributed by atoms with Gasteiger partial charge in [0, 0.05) is 0 Å². The number of ether oxygens (including phenoxy) is 1. The molecule has 0 saturated carbocycles. The van der Waals surface area contributed by atoms with Gasteiger partial charge in [0.2, 0.25) is 0 Å². The molecule has 0 aromatic heterocycles.